The number of rotatable bonds is 7. The molecule has 1 atom stereocenters. The van der Waals surface area contributed by atoms with Crippen molar-refractivity contribution < 1.29 is 19.1 Å². The smallest absolute Gasteiger partial charge is 0.345 e. The van der Waals surface area contributed by atoms with Gasteiger partial charge in [0.25, 0.3) is 0 Å². The van der Waals surface area contributed by atoms with Crippen LogP contribution < -0.4 is 0 Å². The number of hydrogen-bond acceptors (Lipinski definition) is 4. The first-order valence-corrected chi connectivity index (χ1v) is 7.18. The van der Waals surface area contributed by atoms with Gasteiger partial charge < -0.3 is 9.47 Å². The molecule has 0 heterocycles. The maximum Gasteiger partial charge on any atom is 0.345 e. The molecule has 0 aromatic heterocycles. The maximum absolute atomic E-state index is 11.9. The lowest BCUT2D eigenvalue weighted by atomic mass is 9.98. The lowest BCUT2D eigenvalue weighted by Crippen LogP contribution is -2.19. The fraction of sp³-hybridized carbons (Fsp3) is 0.412. The Morgan fingerprint density at radius 3 is 2.05 bits per heavy atom. The molecule has 0 saturated heterocycles. The van der Waals surface area contributed by atoms with Crippen molar-refractivity contribution in [3.05, 3.63) is 47.5 Å². The summed E-state index contributed by atoms with van der Waals surface area (Å²) in [5.74, 6) is -1.23. The Hall–Kier alpha value is -2.10. The van der Waals surface area contributed by atoms with Gasteiger partial charge in [-0.1, -0.05) is 43.3 Å². The van der Waals surface area contributed by atoms with Crippen molar-refractivity contribution in [2.24, 2.45) is 5.92 Å². The van der Waals surface area contributed by atoms with E-state index in [0.29, 0.717) is 0 Å². The van der Waals surface area contributed by atoms with Crippen LogP contribution in [0.2, 0.25) is 0 Å². The van der Waals surface area contributed by atoms with Crippen molar-refractivity contribution in [1.29, 1.82) is 0 Å². The molecule has 0 bridgehead atoms. The predicted molar refractivity (Wildman–Crippen MR) is 80.7 cm³/mol. The number of ether oxygens (including phenoxy) is 2. The molecular weight excluding hydrogens is 268 g/mol. The Morgan fingerprint density at radius 1 is 1.05 bits per heavy atom. The highest BCUT2D eigenvalue weighted by Crippen LogP contribution is 2.13. The van der Waals surface area contributed by atoms with Crippen LogP contribution in [0.4, 0.5) is 0 Å². The first kappa shape index (κ1) is 17.0. The molecule has 4 nitrogen and oxygen atoms in total. The SMILES string of the molecule is CCOC(=O)C(=CC(C)Cc1ccccc1)C(=O)OCC. The van der Waals surface area contributed by atoms with E-state index in [0.717, 1.165) is 12.0 Å². The molecule has 1 rings (SSSR count). The van der Waals surface area contributed by atoms with Crippen LogP contribution in [0.1, 0.15) is 26.3 Å². The third-order valence-electron chi connectivity index (χ3n) is 2.84. The summed E-state index contributed by atoms with van der Waals surface area (Å²) >= 11 is 0. The van der Waals surface area contributed by atoms with Crippen molar-refractivity contribution in [3.8, 4) is 0 Å². The van der Waals surface area contributed by atoms with E-state index in [2.05, 4.69) is 0 Å². The summed E-state index contributed by atoms with van der Waals surface area (Å²) in [4.78, 5) is 23.7. The zero-order valence-electron chi connectivity index (χ0n) is 12.8. The second-order valence-electron chi connectivity index (χ2n) is 4.69. The molecule has 0 aliphatic rings. The highest BCUT2D eigenvalue weighted by atomic mass is 16.6. The van der Waals surface area contributed by atoms with Gasteiger partial charge in [0.2, 0.25) is 0 Å². The quantitative estimate of drug-likeness (QED) is 0.335. The third kappa shape index (κ3) is 5.81. The van der Waals surface area contributed by atoms with Crippen LogP contribution in [0.5, 0.6) is 0 Å². The lowest BCUT2D eigenvalue weighted by Gasteiger charge is -2.10. The number of carbonyl (C=O) groups is 2. The van der Waals surface area contributed by atoms with E-state index in [1.807, 2.05) is 37.3 Å². The number of carbonyl (C=O) groups excluding carboxylic acids is 2. The van der Waals surface area contributed by atoms with Crippen molar-refractivity contribution in [2.75, 3.05) is 13.2 Å². The molecule has 0 fully saturated rings. The normalized spacial score (nSPS) is 11.4. The maximum atomic E-state index is 11.9. The molecule has 21 heavy (non-hydrogen) atoms. The molecule has 1 aromatic carbocycles. The number of hydrogen-bond donors (Lipinski definition) is 0. The molecule has 0 aliphatic heterocycles. The van der Waals surface area contributed by atoms with Gasteiger partial charge in [-0.05, 0) is 31.7 Å². The van der Waals surface area contributed by atoms with E-state index in [-0.39, 0.29) is 24.7 Å². The van der Waals surface area contributed by atoms with Gasteiger partial charge in [0, 0.05) is 0 Å². The topological polar surface area (TPSA) is 52.6 Å². The molecule has 114 valence electrons. The van der Waals surface area contributed by atoms with Gasteiger partial charge in [-0.3, -0.25) is 0 Å². The van der Waals surface area contributed by atoms with Crippen molar-refractivity contribution in [3.63, 3.8) is 0 Å². The van der Waals surface area contributed by atoms with Crippen LogP contribution in [0.25, 0.3) is 0 Å². The summed E-state index contributed by atoms with van der Waals surface area (Å²) in [7, 11) is 0. The molecule has 1 unspecified atom stereocenters. The second-order valence-corrected chi connectivity index (χ2v) is 4.69. The minimum Gasteiger partial charge on any atom is -0.462 e. The summed E-state index contributed by atoms with van der Waals surface area (Å²) in [5, 5.41) is 0. The average molecular weight is 290 g/mol. The largest absolute Gasteiger partial charge is 0.462 e. The molecule has 1 aromatic rings. The number of esters is 2. The fourth-order valence-electron chi connectivity index (χ4n) is 1.97. The molecular formula is C17H22O4. The molecule has 0 spiro atoms. The van der Waals surface area contributed by atoms with Crippen molar-refractivity contribution in [2.45, 2.75) is 27.2 Å². The average Bonchev–Trinajstić information content (AvgIpc) is 2.46. The van der Waals surface area contributed by atoms with E-state index in [1.54, 1.807) is 19.9 Å². The summed E-state index contributed by atoms with van der Waals surface area (Å²) in [5.41, 5.74) is 1.12. The summed E-state index contributed by atoms with van der Waals surface area (Å²) in [6.45, 7) is 5.80. The monoisotopic (exact) mass is 290 g/mol. The first-order valence-electron chi connectivity index (χ1n) is 7.18. The van der Waals surface area contributed by atoms with Crippen LogP contribution in [0, 0.1) is 5.92 Å². The van der Waals surface area contributed by atoms with Crippen LogP contribution in [-0.2, 0) is 25.5 Å². The Labute approximate surface area is 125 Å². The zero-order valence-corrected chi connectivity index (χ0v) is 12.8. The van der Waals surface area contributed by atoms with Gasteiger partial charge in [0.05, 0.1) is 13.2 Å². The summed E-state index contributed by atoms with van der Waals surface area (Å²) < 4.78 is 9.83. The Morgan fingerprint density at radius 2 is 1.57 bits per heavy atom. The molecule has 0 saturated carbocycles. The zero-order chi connectivity index (χ0) is 15.7. The molecule has 0 radical (unpaired) electrons. The van der Waals surface area contributed by atoms with Gasteiger partial charge >= 0.3 is 11.9 Å². The number of allylic oxidation sites excluding steroid dienone is 1. The van der Waals surface area contributed by atoms with Gasteiger partial charge in [-0.25, -0.2) is 9.59 Å². The Kier molecular flexibility index (Phi) is 7.23. The molecule has 0 aliphatic carbocycles. The standard InChI is InChI=1S/C17H22O4/c1-4-20-16(18)15(17(19)21-5-2)12-13(3)11-14-9-7-6-8-10-14/h6-10,12-13H,4-5,11H2,1-3H3. The minimum absolute atomic E-state index is 0.0243. The van der Waals surface area contributed by atoms with E-state index >= 15 is 0 Å². The van der Waals surface area contributed by atoms with Gasteiger partial charge in [-0.2, -0.15) is 0 Å². The Bertz CT molecular complexity index is 471. The van der Waals surface area contributed by atoms with Crippen LogP contribution in [-0.4, -0.2) is 25.2 Å². The predicted octanol–water partition coefficient (Wildman–Crippen LogP) is 2.92. The summed E-state index contributed by atoms with van der Waals surface area (Å²) in [6, 6.07) is 9.90. The number of benzene rings is 1. The highest BCUT2D eigenvalue weighted by Gasteiger charge is 2.21. The van der Waals surface area contributed by atoms with E-state index in [9.17, 15) is 9.59 Å². The van der Waals surface area contributed by atoms with Gasteiger partial charge in [0.15, 0.2) is 0 Å². The van der Waals surface area contributed by atoms with Gasteiger partial charge in [0.1, 0.15) is 5.57 Å². The van der Waals surface area contributed by atoms with Gasteiger partial charge in [-0.15, -0.1) is 0 Å². The van der Waals surface area contributed by atoms with Crippen molar-refractivity contribution >= 4 is 11.9 Å². The Balaban J connectivity index is 2.85. The van der Waals surface area contributed by atoms with Crippen molar-refractivity contribution in [1.82, 2.24) is 0 Å². The minimum atomic E-state index is -0.629. The fourth-order valence-corrected chi connectivity index (χ4v) is 1.97. The molecule has 0 N–H and O–H groups in total. The van der Waals surface area contributed by atoms with E-state index in [4.69, 9.17) is 9.47 Å². The molecule has 0 amide bonds. The van der Waals surface area contributed by atoms with Crippen LogP contribution in [0.3, 0.4) is 0 Å². The molecule has 4 heteroatoms. The lowest BCUT2D eigenvalue weighted by molar-refractivity contribution is -0.146. The second kappa shape index (κ2) is 8.95. The third-order valence-corrected chi connectivity index (χ3v) is 2.84. The van der Waals surface area contributed by atoms with E-state index in [1.165, 1.54) is 0 Å². The summed E-state index contributed by atoms with van der Waals surface area (Å²) in [6.07, 6.45) is 2.37. The first-order chi connectivity index (χ1) is 10.1. The van der Waals surface area contributed by atoms with Crippen LogP contribution >= 0.6 is 0 Å². The van der Waals surface area contributed by atoms with E-state index < -0.39 is 11.9 Å². The highest BCUT2D eigenvalue weighted by molar-refractivity contribution is 6.14. The van der Waals surface area contributed by atoms with Crippen LogP contribution in [0.15, 0.2) is 42.0 Å².